The van der Waals surface area contributed by atoms with Crippen LogP contribution in [0, 0.1) is 0 Å². The summed E-state index contributed by atoms with van der Waals surface area (Å²) in [6, 6.07) is 9.99. The van der Waals surface area contributed by atoms with Crippen LogP contribution in [0.4, 0.5) is 5.69 Å². The molecule has 3 rings (SSSR count). The Morgan fingerprint density at radius 3 is 2.59 bits per heavy atom. The molecule has 1 aliphatic rings. The largest absolute Gasteiger partial charge is 0.454 e. The first-order valence-corrected chi connectivity index (χ1v) is 8.73. The van der Waals surface area contributed by atoms with Crippen molar-refractivity contribution >= 4 is 46.8 Å². The molecule has 8 heteroatoms. The average Bonchev–Trinajstić information content (AvgIpc) is 3.09. The number of anilines is 1. The molecule has 27 heavy (non-hydrogen) atoms. The van der Waals surface area contributed by atoms with E-state index in [4.69, 9.17) is 37.4 Å². The zero-order chi connectivity index (χ0) is 19.4. The molecule has 0 saturated carbocycles. The summed E-state index contributed by atoms with van der Waals surface area (Å²) in [5.74, 6) is -0.0291. The highest BCUT2D eigenvalue weighted by molar-refractivity contribution is 6.37. The van der Waals surface area contributed by atoms with E-state index in [1.165, 1.54) is 13.0 Å². The van der Waals surface area contributed by atoms with E-state index >= 15 is 0 Å². The molecule has 1 N–H and O–H groups in total. The predicted octanol–water partition coefficient (Wildman–Crippen LogP) is 4.31. The first-order chi connectivity index (χ1) is 12.9. The van der Waals surface area contributed by atoms with Crippen LogP contribution in [0.1, 0.15) is 12.5 Å². The van der Waals surface area contributed by atoms with Crippen molar-refractivity contribution in [1.29, 1.82) is 0 Å². The maximum atomic E-state index is 12.2. The monoisotopic (exact) mass is 407 g/mol. The van der Waals surface area contributed by atoms with Crippen LogP contribution in [0.5, 0.6) is 11.5 Å². The number of hydrogen-bond donors (Lipinski definition) is 1. The Balaban J connectivity index is 1.57. The van der Waals surface area contributed by atoms with Gasteiger partial charge in [-0.25, -0.2) is 4.79 Å². The zero-order valence-corrected chi connectivity index (χ0v) is 15.7. The molecule has 2 aromatic carbocycles. The third-order valence-electron chi connectivity index (χ3n) is 3.69. The number of ether oxygens (including phenoxy) is 3. The third kappa shape index (κ3) is 4.72. The Hall–Kier alpha value is -2.70. The van der Waals surface area contributed by atoms with Gasteiger partial charge in [0, 0.05) is 33.4 Å². The second kappa shape index (κ2) is 8.33. The normalized spacial score (nSPS) is 13.4. The summed E-state index contributed by atoms with van der Waals surface area (Å²) < 4.78 is 15.6. The molecule has 0 bridgehead atoms. The van der Waals surface area contributed by atoms with Crippen molar-refractivity contribution in [2.45, 2.75) is 13.0 Å². The van der Waals surface area contributed by atoms with Gasteiger partial charge in [-0.15, -0.1) is 0 Å². The van der Waals surface area contributed by atoms with Gasteiger partial charge in [-0.2, -0.15) is 0 Å². The van der Waals surface area contributed by atoms with E-state index < -0.39 is 18.0 Å². The number of esters is 1. The topological polar surface area (TPSA) is 73.9 Å². The minimum absolute atomic E-state index is 0.141. The molecule has 0 fully saturated rings. The molecule has 0 aromatic heterocycles. The molecule has 0 radical (unpaired) electrons. The zero-order valence-electron chi connectivity index (χ0n) is 14.2. The van der Waals surface area contributed by atoms with Gasteiger partial charge >= 0.3 is 5.97 Å². The second-order valence-electron chi connectivity index (χ2n) is 5.61. The SMILES string of the molecule is C[C@@H](OC(=O)/C=C/c1c(Cl)cccc1Cl)C(=O)Nc1ccc2c(c1)OCO2. The van der Waals surface area contributed by atoms with Crippen molar-refractivity contribution in [3.8, 4) is 11.5 Å². The summed E-state index contributed by atoms with van der Waals surface area (Å²) in [6.07, 6.45) is 1.60. The Labute approximate surface area is 165 Å². The smallest absolute Gasteiger partial charge is 0.331 e. The lowest BCUT2D eigenvalue weighted by atomic mass is 10.2. The summed E-state index contributed by atoms with van der Waals surface area (Å²) in [5, 5.41) is 3.46. The van der Waals surface area contributed by atoms with E-state index in [1.54, 1.807) is 36.4 Å². The molecule has 140 valence electrons. The summed E-state index contributed by atoms with van der Waals surface area (Å²) in [4.78, 5) is 24.2. The lowest BCUT2D eigenvalue weighted by Crippen LogP contribution is -2.29. The van der Waals surface area contributed by atoms with Crippen molar-refractivity contribution in [1.82, 2.24) is 0 Å². The molecule has 1 aliphatic heterocycles. The minimum atomic E-state index is -1.01. The average molecular weight is 408 g/mol. The van der Waals surface area contributed by atoms with Gasteiger partial charge in [0.25, 0.3) is 5.91 Å². The maximum Gasteiger partial charge on any atom is 0.331 e. The van der Waals surface area contributed by atoms with Crippen LogP contribution in [0.3, 0.4) is 0 Å². The Bertz CT molecular complexity index is 893. The fraction of sp³-hybridized carbons (Fsp3) is 0.158. The first-order valence-electron chi connectivity index (χ1n) is 7.97. The molecular weight excluding hydrogens is 393 g/mol. The summed E-state index contributed by atoms with van der Waals surface area (Å²) in [6.45, 7) is 1.61. The molecule has 1 atom stereocenters. The van der Waals surface area contributed by atoms with Crippen molar-refractivity contribution in [2.75, 3.05) is 12.1 Å². The summed E-state index contributed by atoms with van der Waals surface area (Å²) >= 11 is 12.1. The van der Waals surface area contributed by atoms with Gasteiger partial charge in [0.1, 0.15) is 0 Å². The second-order valence-corrected chi connectivity index (χ2v) is 6.42. The molecule has 6 nitrogen and oxygen atoms in total. The third-order valence-corrected chi connectivity index (χ3v) is 4.35. The highest BCUT2D eigenvalue weighted by atomic mass is 35.5. The number of carbonyl (C=O) groups excluding carboxylic acids is 2. The van der Waals surface area contributed by atoms with Crippen LogP contribution in [0.2, 0.25) is 10.0 Å². The van der Waals surface area contributed by atoms with Gasteiger partial charge in [-0.05, 0) is 37.3 Å². The molecule has 1 amide bonds. The van der Waals surface area contributed by atoms with E-state index in [9.17, 15) is 9.59 Å². The molecule has 1 heterocycles. The number of benzene rings is 2. The lowest BCUT2D eigenvalue weighted by Gasteiger charge is -2.12. The van der Waals surface area contributed by atoms with E-state index in [-0.39, 0.29) is 6.79 Å². The Morgan fingerprint density at radius 1 is 1.15 bits per heavy atom. The van der Waals surface area contributed by atoms with Crippen LogP contribution in [-0.4, -0.2) is 24.8 Å². The van der Waals surface area contributed by atoms with Crippen molar-refractivity contribution in [3.05, 3.63) is 58.1 Å². The van der Waals surface area contributed by atoms with Crippen LogP contribution in [0.15, 0.2) is 42.5 Å². The predicted molar refractivity (Wildman–Crippen MR) is 102 cm³/mol. The van der Waals surface area contributed by atoms with E-state index in [0.717, 1.165) is 6.08 Å². The first kappa shape index (κ1) is 19.1. The van der Waals surface area contributed by atoms with E-state index in [2.05, 4.69) is 5.32 Å². The standard InChI is InChI=1S/C19H15Cl2NO5/c1-11(19(24)22-12-5-7-16-17(9-12)26-10-25-16)27-18(23)8-6-13-14(20)3-2-4-15(13)21/h2-9,11H,10H2,1H3,(H,22,24)/b8-6+/t11-/m1/s1. The van der Waals surface area contributed by atoms with Crippen molar-refractivity contribution in [2.24, 2.45) is 0 Å². The number of carbonyl (C=O) groups is 2. The van der Waals surface area contributed by atoms with Gasteiger partial charge < -0.3 is 19.5 Å². The number of amides is 1. The van der Waals surface area contributed by atoms with Crippen LogP contribution in [-0.2, 0) is 14.3 Å². The number of rotatable bonds is 5. The highest BCUT2D eigenvalue weighted by Crippen LogP contribution is 2.34. The summed E-state index contributed by atoms with van der Waals surface area (Å²) in [5.41, 5.74) is 1.00. The number of fused-ring (bicyclic) bond motifs is 1. The van der Waals surface area contributed by atoms with Crippen molar-refractivity contribution in [3.63, 3.8) is 0 Å². The van der Waals surface area contributed by atoms with Gasteiger partial charge in [0.15, 0.2) is 17.6 Å². The fourth-order valence-electron chi connectivity index (χ4n) is 2.31. The quantitative estimate of drug-likeness (QED) is 0.590. The van der Waals surface area contributed by atoms with Gasteiger partial charge in [-0.1, -0.05) is 29.3 Å². The van der Waals surface area contributed by atoms with E-state index in [1.807, 2.05) is 0 Å². The summed E-state index contributed by atoms with van der Waals surface area (Å²) in [7, 11) is 0. The molecule has 0 unspecified atom stereocenters. The molecule has 0 aliphatic carbocycles. The van der Waals surface area contributed by atoms with E-state index in [0.29, 0.717) is 32.8 Å². The van der Waals surface area contributed by atoms with Crippen LogP contribution in [0.25, 0.3) is 6.08 Å². The number of halogens is 2. The lowest BCUT2D eigenvalue weighted by molar-refractivity contribution is -0.148. The number of nitrogens with one attached hydrogen (secondary N) is 1. The van der Waals surface area contributed by atoms with Crippen LogP contribution >= 0.6 is 23.2 Å². The van der Waals surface area contributed by atoms with Crippen LogP contribution < -0.4 is 14.8 Å². The minimum Gasteiger partial charge on any atom is -0.454 e. The Morgan fingerprint density at radius 2 is 1.85 bits per heavy atom. The molecule has 2 aromatic rings. The van der Waals surface area contributed by atoms with Gasteiger partial charge in [0.05, 0.1) is 0 Å². The van der Waals surface area contributed by atoms with Gasteiger partial charge in [-0.3, -0.25) is 4.79 Å². The molecular formula is C19H15Cl2NO5. The van der Waals surface area contributed by atoms with Gasteiger partial charge in [0.2, 0.25) is 6.79 Å². The molecule has 0 saturated heterocycles. The molecule has 0 spiro atoms. The maximum absolute atomic E-state index is 12.2. The fourth-order valence-corrected chi connectivity index (χ4v) is 2.83. The number of hydrogen-bond acceptors (Lipinski definition) is 5. The highest BCUT2D eigenvalue weighted by Gasteiger charge is 2.19. The van der Waals surface area contributed by atoms with Crippen molar-refractivity contribution < 1.29 is 23.8 Å². The Kier molecular flexibility index (Phi) is 5.88.